The van der Waals surface area contributed by atoms with Crippen LogP contribution in [0.1, 0.15) is 20.8 Å². The number of nitrogens with two attached hydrogens (primary N) is 2. The Morgan fingerprint density at radius 1 is 1.36 bits per heavy atom. The number of hydrogen-bond acceptors (Lipinski definition) is 2. The minimum absolute atomic E-state index is 0.472. The molecule has 0 fully saturated rings. The first-order chi connectivity index (χ1) is 5.13. The Morgan fingerprint density at radius 3 is 1.64 bits per heavy atom. The Kier molecular flexibility index (Phi) is 24.9. The van der Waals surface area contributed by atoms with Crippen molar-refractivity contribution < 1.29 is 0 Å². The van der Waals surface area contributed by atoms with Crippen molar-refractivity contribution in [3.05, 3.63) is 23.4 Å². The van der Waals surface area contributed by atoms with E-state index in [9.17, 15) is 0 Å². The molecule has 3 heteroatoms. The maximum Gasteiger partial charge on any atom is 0.0351 e. The molecule has 0 amide bonds. The van der Waals surface area contributed by atoms with Crippen LogP contribution in [-0.4, -0.2) is 7.05 Å². The number of rotatable bonds is 1. The molecule has 0 heterocycles. The number of halogens is 1. The van der Waals surface area contributed by atoms with Crippen LogP contribution in [0.5, 0.6) is 0 Å². The quantitative estimate of drug-likeness (QED) is 0.605. The van der Waals surface area contributed by atoms with Gasteiger partial charge < -0.3 is 11.5 Å². The molecule has 0 rings (SSSR count). The second kappa shape index (κ2) is 16.3. The Morgan fingerprint density at radius 2 is 1.64 bits per heavy atom. The van der Waals surface area contributed by atoms with E-state index in [0.29, 0.717) is 10.7 Å². The first-order valence-corrected chi connectivity index (χ1v) is 3.86. The van der Waals surface area contributed by atoms with E-state index in [4.69, 9.17) is 17.3 Å². The third-order valence-corrected chi connectivity index (χ3v) is 0.493. The van der Waals surface area contributed by atoms with Gasteiger partial charge in [-0.1, -0.05) is 32.0 Å². The smallest absolute Gasteiger partial charge is 0.0351 e. The summed E-state index contributed by atoms with van der Waals surface area (Å²) in [6.07, 6.45) is 1.60. The average Bonchev–Trinajstić information content (AvgIpc) is 1.93. The molecule has 0 aliphatic heterocycles. The summed E-state index contributed by atoms with van der Waals surface area (Å²) < 4.78 is 0. The molecule has 0 aliphatic carbocycles. The fourth-order valence-electron chi connectivity index (χ4n) is 0.247. The number of allylic oxidation sites excluding steroid dienone is 3. The van der Waals surface area contributed by atoms with E-state index in [1.165, 1.54) is 7.05 Å². The molecule has 4 N–H and O–H groups in total. The fourth-order valence-corrected chi connectivity index (χ4v) is 0.419. The van der Waals surface area contributed by atoms with Crippen LogP contribution in [0.15, 0.2) is 23.4 Å². The minimum atomic E-state index is 0.472. The molecule has 0 saturated heterocycles. The van der Waals surface area contributed by atoms with Gasteiger partial charge >= 0.3 is 0 Å². The van der Waals surface area contributed by atoms with Gasteiger partial charge in [0.2, 0.25) is 0 Å². The summed E-state index contributed by atoms with van der Waals surface area (Å²) in [5, 5.41) is 0.472. The van der Waals surface area contributed by atoms with Gasteiger partial charge in [0.05, 0.1) is 0 Å². The average molecular weight is 179 g/mol. The highest BCUT2D eigenvalue weighted by atomic mass is 35.5. The van der Waals surface area contributed by atoms with E-state index < -0.39 is 0 Å². The van der Waals surface area contributed by atoms with E-state index in [2.05, 4.69) is 12.3 Å². The lowest BCUT2D eigenvalue weighted by molar-refractivity contribution is 1.31. The van der Waals surface area contributed by atoms with Gasteiger partial charge in [0.15, 0.2) is 0 Å². The lowest BCUT2D eigenvalue weighted by Crippen LogP contribution is -1.88. The molecule has 0 unspecified atom stereocenters. The van der Waals surface area contributed by atoms with E-state index in [1.807, 2.05) is 13.8 Å². The lowest BCUT2D eigenvalue weighted by Gasteiger charge is -1.84. The van der Waals surface area contributed by atoms with Crippen molar-refractivity contribution in [1.29, 1.82) is 0 Å². The van der Waals surface area contributed by atoms with Crippen molar-refractivity contribution in [2.75, 3.05) is 7.05 Å². The van der Waals surface area contributed by atoms with Crippen LogP contribution in [0.4, 0.5) is 0 Å². The molecule has 0 aliphatic rings. The van der Waals surface area contributed by atoms with Crippen LogP contribution in [0.2, 0.25) is 0 Å². The molecular weight excluding hydrogens is 160 g/mol. The summed E-state index contributed by atoms with van der Waals surface area (Å²) in [7, 11) is 1.50. The summed E-state index contributed by atoms with van der Waals surface area (Å²) in [5.41, 5.74) is 10.4. The van der Waals surface area contributed by atoms with Crippen molar-refractivity contribution in [1.82, 2.24) is 0 Å². The van der Waals surface area contributed by atoms with Crippen molar-refractivity contribution in [3.8, 4) is 0 Å². The molecule has 0 aromatic rings. The standard InChI is InChI=1S/C5H8ClN.C2H6.CH5N/c1-4(6)3-5(2)7;2*1-2/h3H,1,7H2,2H3;1-2H3;2H2,1H3/b5-3+;;. The van der Waals surface area contributed by atoms with Crippen LogP contribution in [-0.2, 0) is 0 Å². The SMILES string of the molecule is C=C(Cl)/C=C(\C)N.CC.CN. The first-order valence-electron chi connectivity index (χ1n) is 3.49. The number of hydrogen-bond donors (Lipinski definition) is 2. The van der Waals surface area contributed by atoms with Gasteiger partial charge in [-0.15, -0.1) is 0 Å². The van der Waals surface area contributed by atoms with Crippen molar-refractivity contribution in [2.24, 2.45) is 11.5 Å². The Labute approximate surface area is 74.9 Å². The van der Waals surface area contributed by atoms with E-state index in [0.717, 1.165) is 0 Å². The lowest BCUT2D eigenvalue weighted by atomic mass is 10.4. The normalized spacial score (nSPS) is 8.36. The Balaban J connectivity index is -0.000000138. The maximum absolute atomic E-state index is 5.32. The van der Waals surface area contributed by atoms with Gasteiger partial charge in [-0.25, -0.2) is 0 Å². The highest BCUT2D eigenvalue weighted by Gasteiger charge is 1.76. The van der Waals surface area contributed by atoms with Gasteiger partial charge in [-0.2, -0.15) is 0 Å². The second-order valence-corrected chi connectivity index (χ2v) is 1.82. The zero-order valence-corrected chi connectivity index (χ0v) is 8.57. The molecular formula is C8H19ClN2. The van der Waals surface area contributed by atoms with E-state index in [1.54, 1.807) is 13.0 Å². The first kappa shape index (κ1) is 16.9. The Hall–Kier alpha value is -0.470. The predicted molar refractivity (Wildman–Crippen MR) is 54.4 cm³/mol. The second-order valence-electron chi connectivity index (χ2n) is 1.34. The van der Waals surface area contributed by atoms with Crippen LogP contribution in [0, 0.1) is 0 Å². The zero-order valence-electron chi connectivity index (χ0n) is 7.82. The fraction of sp³-hybridized carbons (Fsp3) is 0.500. The van der Waals surface area contributed by atoms with Crippen molar-refractivity contribution in [3.63, 3.8) is 0 Å². The Bertz CT molecular complexity index is 105. The molecule has 2 nitrogen and oxygen atoms in total. The van der Waals surface area contributed by atoms with Crippen molar-refractivity contribution in [2.45, 2.75) is 20.8 Å². The molecule has 0 radical (unpaired) electrons. The van der Waals surface area contributed by atoms with Crippen molar-refractivity contribution >= 4 is 11.6 Å². The molecule has 0 bridgehead atoms. The highest BCUT2D eigenvalue weighted by Crippen LogP contribution is 1.98. The summed E-state index contributed by atoms with van der Waals surface area (Å²) >= 11 is 5.32. The zero-order chi connectivity index (χ0) is 9.86. The molecule has 68 valence electrons. The van der Waals surface area contributed by atoms with Gasteiger partial charge in [0.1, 0.15) is 0 Å². The van der Waals surface area contributed by atoms with Crippen LogP contribution >= 0.6 is 11.6 Å². The third-order valence-electron chi connectivity index (χ3n) is 0.384. The van der Waals surface area contributed by atoms with Crippen LogP contribution < -0.4 is 11.5 Å². The third kappa shape index (κ3) is 43.4. The molecule has 0 spiro atoms. The van der Waals surface area contributed by atoms with E-state index >= 15 is 0 Å². The van der Waals surface area contributed by atoms with Crippen LogP contribution in [0.25, 0.3) is 0 Å². The largest absolute Gasteiger partial charge is 0.402 e. The minimum Gasteiger partial charge on any atom is -0.402 e. The topological polar surface area (TPSA) is 52.0 Å². The molecule has 0 saturated carbocycles. The summed E-state index contributed by atoms with van der Waals surface area (Å²) in [4.78, 5) is 0. The van der Waals surface area contributed by atoms with Gasteiger partial charge in [0, 0.05) is 10.7 Å². The molecule has 11 heavy (non-hydrogen) atoms. The molecule has 0 aromatic heterocycles. The van der Waals surface area contributed by atoms with Crippen LogP contribution in [0.3, 0.4) is 0 Å². The van der Waals surface area contributed by atoms with E-state index in [-0.39, 0.29) is 0 Å². The summed E-state index contributed by atoms with van der Waals surface area (Å²) in [5.74, 6) is 0. The molecule has 0 aromatic carbocycles. The van der Waals surface area contributed by atoms with Gasteiger partial charge in [-0.3, -0.25) is 0 Å². The van der Waals surface area contributed by atoms with Gasteiger partial charge in [-0.05, 0) is 20.0 Å². The predicted octanol–water partition coefficient (Wildman–Crippen LogP) is 2.20. The highest BCUT2D eigenvalue weighted by molar-refractivity contribution is 6.30. The summed E-state index contributed by atoms with van der Waals surface area (Å²) in [6, 6.07) is 0. The monoisotopic (exact) mass is 178 g/mol. The maximum atomic E-state index is 5.32. The summed E-state index contributed by atoms with van der Waals surface area (Å²) in [6.45, 7) is 9.16. The van der Waals surface area contributed by atoms with Gasteiger partial charge in [0.25, 0.3) is 0 Å². The molecule has 0 atom stereocenters.